The summed E-state index contributed by atoms with van der Waals surface area (Å²) in [4.78, 5) is 10.5. The van der Waals surface area contributed by atoms with Crippen molar-refractivity contribution in [1.82, 2.24) is 0 Å². The number of benzene rings is 1. The van der Waals surface area contributed by atoms with E-state index in [2.05, 4.69) is 0 Å². The lowest BCUT2D eigenvalue weighted by Crippen LogP contribution is -2.11. The number of halogens is 3. The second-order valence-corrected chi connectivity index (χ2v) is 2.62. The fourth-order valence-corrected chi connectivity index (χ4v) is 0.896. The molecule has 14 heavy (non-hydrogen) atoms. The largest absolute Gasteiger partial charge is 0.394 e. The van der Waals surface area contributed by atoms with E-state index in [0.717, 1.165) is 6.92 Å². The summed E-state index contributed by atoms with van der Waals surface area (Å²) in [6, 6.07) is 0.406. The molecule has 0 saturated carbocycles. The van der Waals surface area contributed by atoms with Crippen LogP contribution < -0.4 is 11.1 Å². The van der Waals surface area contributed by atoms with Crippen molar-refractivity contribution in [2.75, 3.05) is 11.1 Å². The van der Waals surface area contributed by atoms with Gasteiger partial charge in [-0.3, -0.25) is 4.79 Å². The summed E-state index contributed by atoms with van der Waals surface area (Å²) in [7, 11) is 0. The third-order valence-electron chi connectivity index (χ3n) is 1.51. The van der Waals surface area contributed by atoms with Crippen molar-refractivity contribution < 1.29 is 18.0 Å². The van der Waals surface area contributed by atoms with E-state index in [1.165, 1.54) is 0 Å². The van der Waals surface area contributed by atoms with Gasteiger partial charge in [-0.2, -0.15) is 0 Å². The number of nitrogen functional groups attached to an aromatic ring is 1. The minimum Gasteiger partial charge on any atom is -0.394 e. The predicted molar refractivity (Wildman–Crippen MR) is 45.0 cm³/mol. The summed E-state index contributed by atoms with van der Waals surface area (Å²) in [5.41, 5.74) is 3.40. The summed E-state index contributed by atoms with van der Waals surface area (Å²) in [5, 5.41) is 1.87. The maximum Gasteiger partial charge on any atom is 0.221 e. The number of nitrogens with one attached hydrogen (secondary N) is 1. The molecule has 3 nitrogen and oxygen atoms in total. The van der Waals surface area contributed by atoms with Gasteiger partial charge >= 0.3 is 0 Å². The zero-order valence-electron chi connectivity index (χ0n) is 7.20. The number of anilines is 2. The molecule has 0 atom stereocenters. The van der Waals surface area contributed by atoms with Gasteiger partial charge in [-0.25, -0.2) is 13.2 Å². The van der Waals surface area contributed by atoms with E-state index in [1.54, 1.807) is 0 Å². The standard InChI is InChI=1S/C8H7F3N2O/c1-3(14)13-8-5(10)2-4(9)7(12)6(8)11/h2H,12H2,1H3,(H,13,14). The van der Waals surface area contributed by atoms with Crippen LogP contribution in [0.3, 0.4) is 0 Å². The molecule has 3 N–H and O–H groups in total. The summed E-state index contributed by atoms with van der Waals surface area (Å²) in [5.74, 6) is -4.38. The number of carbonyl (C=O) groups excluding carboxylic acids is 1. The molecular formula is C8H7F3N2O. The normalized spacial score (nSPS) is 10.0. The van der Waals surface area contributed by atoms with Crippen molar-refractivity contribution in [1.29, 1.82) is 0 Å². The monoisotopic (exact) mass is 204 g/mol. The summed E-state index contributed by atoms with van der Waals surface area (Å²) in [6.45, 7) is 1.07. The van der Waals surface area contributed by atoms with Gasteiger partial charge in [0.1, 0.15) is 11.4 Å². The van der Waals surface area contributed by atoms with Gasteiger partial charge in [-0.1, -0.05) is 0 Å². The minimum atomic E-state index is -1.31. The summed E-state index contributed by atoms with van der Waals surface area (Å²) < 4.78 is 38.6. The Kier molecular flexibility index (Phi) is 2.64. The van der Waals surface area contributed by atoms with E-state index in [1.807, 2.05) is 5.32 Å². The molecule has 0 aliphatic rings. The van der Waals surface area contributed by atoms with Crippen LogP contribution in [0.5, 0.6) is 0 Å². The Morgan fingerprint density at radius 1 is 1.36 bits per heavy atom. The topological polar surface area (TPSA) is 55.1 Å². The van der Waals surface area contributed by atoms with E-state index >= 15 is 0 Å². The first-order valence-corrected chi connectivity index (χ1v) is 3.64. The second kappa shape index (κ2) is 3.57. The number of nitrogens with two attached hydrogens (primary N) is 1. The molecule has 1 amide bonds. The summed E-state index contributed by atoms with van der Waals surface area (Å²) in [6.07, 6.45) is 0. The van der Waals surface area contributed by atoms with Crippen molar-refractivity contribution in [3.8, 4) is 0 Å². The number of rotatable bonds is 1. The van der Waals surface area contributed by atoms with E-state index < -0.39 is 34.7 Å². The second-order valence-electron chi connectivity index (χ2n) is 2.62. The predicted octanol–water partition coefficient (Wildman–Crippen LogP) is 1.64. The van der Waals surface area contributed by atoms with Gasteiger partial charge in [0.2, 0.25) is 5.91 Å². The van der Waals surface area contributed by atoms with Crippen LogP contribution in [0.2, 0.25) is 0 Å². The van der Waals surface area contributed by atoms with Crippen LogP contribution in [-0.4, -0.2) is 5.91 Å². The molecule has 76 valence electrons. The SMILES string of the molecule is CC(=O)Nc1c(F)cc(F)c(N)c1F. The van der Waals surface area contributed by atoms with Crippen molar-refractivity contribution in [2.24, 2.45) is 0 Å². The van der Waals surface area contributed by atoms with Gasteiger partial charge in [0, 0.05) is 13.0 Å². The van der Waals surface area contributed by atoms with E-state index in [4.69, 9.17) is 5.73 Å². The average Bonchev–Trinajstić information content (AvgIpc) is 2.09. The van der Waals surface area contributed by atoms with Gasteiger partial charge in [0.15, 0.2) is 17.5 Å². The highest BCUT2D eigenvalue weighted by atomic mass is 19.1. The third-order valence-corrected chi connectivity index (χ3v) is 1.51. The third kappa shape index (κ3) is 1.78. The highest BCUT2D eigenvalue weighted by Crippen LogP contribution is 2.26. The quantitative estimate of drug-likeness (QED) is 0.683. The lowest BCUT2D eigenvalue weighted by molar-refractivity contribution is -0.114. The van der Waals surface area contributed by atoms with Gasteiger partial charge in [0.05, 0.1) is 0 Å². The highest BCUT2D eigenvalue weighted by Gasteiger charge is 2.17. The Bertz CT molecular complexity index is 393. The van der Waals surface area contributed by atoms with Gasteiger partial charge in [-0.05, 0) is 0 Å². The van der Waals surface area contributed by atoms with Crippen LogP contribution in [0.25, 0.3) is 0 Å². The molecule has 0 radical (unpaired) electrons. The van der Waals surface area contributed by atoms with E-state index in [0.29, 0.717) is 6.07 Å². The average molecular weight is 204 g/mol. The molecule has 1 aromatic rings. The smallest absolute Gasteiger partial charge is 0.221 e. The number of amides is 1. The maximum absolute atomic E-state index is 13.1. The van der Waals surface area contributed by atoms with Crippen LogP contribution in [0.4, 0.5) is 24.5 Å². The van der Waals surface area contributed by atoms with Gasteiger partial charge < -0.3 is 11.1 Å². The highest BCUT2D eigenvalue weighted by molar-refractivity contribution is 5.89. The fraction of sp³-hybridized carbons (Fsp3) is 0.125. The molecule has 1 rings (SSSR count). The molecule has 0 aromatic heterocycles. The molecular weight excluding hydrogens is 197 g/mol. The number of hydrogen-bond donors (Lipinski definition) is 2. The number of hydrogen-bond acceptors (Lipinski definition) is 2. The molecule has 0 spiro atoms. The minimum absolute atomic E-state index is 0.406. The first-order valence-electron chi connectivity index (χ1n) is 3.64. The van der Waals surface area contributed by atoms with Crippen LogP contribution >= 0.6 is 0 Å². The van der Waals surface area contributed by atoms with E-state index in [9.17, 15) is 18.0 Å². The summed E-state index contributed by atoms with van der Waals surface area (Å²) >= 11 is 0. The number of carbonyl (C=O) groups is 1. The van der Waals surface area contributed by atoms with Crippen LogP contribution in [0.15, 0.2) is 6.07 Å². The Morgan fingerprint density at radius 3 is 2.43 bits per heavy atom. The maximum atomic E-state index is 13.1. The molecule has 1 aromatic carbocycles. The van der Waals surface area contributed by atoms with Crippen LogP contribution in [-0.2, 0) is 4.79 Å². The molecule has 0 aliphatic heterocycles. The zero-order valence-corrected chi connectivity index (χ0v) is 7.20. The lowest BCUT2D eigenvalue weighted by Gasteiger charge is -2.07. The molecule has 0 heterocycles. The molecule has 0 aliphatic carbocycles. The molecule has 6 heteroatoms. The van der Waals surface area contributed by atoms with Gasteiger partial charge in [-0.15, -0.1) is 0 Å². The fourth-order valence-electron chi connectivity index (χ4n) is 0.896. The van der Waals surface area contributed by atoms with Crippen molar-refractivity contribution >= 4 is 17.3 Å². The van der Waals surface area contributed by atoms with Gasteiger partial charge in [0.25, 0.3) is 0 Å². The van der Waals surface area contributed by atoms with Crippen molar-refractivity contribution in [3.05, 3.63) is 23.5 Å². The van der Waals surface area contributed by atoms with Crippen molar-refractivity contribution in [3.63, 3.8) is 0 Å². The zero-order chi connectivity index (χ0) is 10.9. The Hall–Kier alpha value is -1.72. The Morgan fingerprint density at radius 2 is 1.93 bits per heavy atom. The first-order chi connectivity index (χ1) is 6.43. The van der Waals surface area contributed by atoms with Crippen molar-refractivity contribution in [2.45, 2.75) is 6.92 Å². The van der Waals surface area contributed by atoms with Crippen LogP contribution in [0.1, 0.15) is 6.92 Å². The first kappa shape index (κ1) is 10.4. The van der Waals surface area contributed by atoms with E-state index in [-0.39, 0.29) is 0 Å². The van der Waals surface area contributed by atoms with Crippen LogP contribution in [0, 0.1) is 17.5 Å². The molecule has 0 fully saturated rings. The Labute approximate surface area is 77.7 Å². The molecule has 0 unspecified atom stereocenters. The lowest BCUT2D eigenvalue weighted by atomic mass is 10.2. The molecule has 0 bridgehead atoms. The molecule has 0 saturated heterocycles. The Balaban J connectivity index is 3.29.